The van der Waals surface area contributed by atoms with Crippen molar-refractivity contribution in [3.05, 3.63) is 46.5 Å². The van der Waals surface area contributed by atoms with Gasteiger partial charge in [-0.1, -0.05) is 23.3 Å². The molecule has 0 unspecified atom stereocenters. The third-order valence-electron chi connectivity index (χ3n) is 3.34. The number of allylic oxidation sites excluding steroid dienone is 2. The quantitative estimate of drug-likeness (QED) is 0.678. The Bertz CT molecular complexity index is 441. The Hall–Kier alpha value is -1.55. The van der Waals surface area contributed by atoms with Crippen molar-refractivity contribution in [1.29, 1.82) is 5.26 Å². The van der Waals surface area contributed by atoms with Crippen LogP contribution in [0.15, 0.2) is 35.4 Å². The molecule has 0 radical (unpaired) electrons. The van der Waals surface area contributed by atoms with Crippen molar-refractivity contribution in [2.45, 2.75) is 39.0 Å². The van der Waals surface area contributed by atoms with Gasteiger partial charge in [-0.2, -0.15) is 5.26 Å². The summed E-state index contributed by atoms with van der Waals surface area (Å²) in [7, 11) is 0. The zero-order valence-corrected chi connectivity index (χ0v) is 9.79. The first kappa shape index (κ1) is 11.0. The minimum atomic E-state index is 0.765. The highest BCUT2D eigenvalue weighted by Gasteiger charge is 2.10. The molecule has 1 saturated carbocycles. The Labute approximate surface area is 97.4 Å². The predicted octanol–water partition coefficient (Wildman–Crippen LogP) is 3.99. The van der Waals surface area contributed by atoms with Gasteiger partial charge in [-0.15, -0.1) is 0 Å². The van der Waals surface area contributed by atoms with Crippen LogP contribution in [0.2, 0.25) is 0 Å². The maximum Gasteiger partial charge on any atom is 0.0991 e. The van der Waals surface area contributed by atoms with Crippen molar-refractivity contribution in [3.63, 3.8) is 0 Å². The highest BCUT2D eigenvalue weighted by atomic mass is 14.2. The summed E-state index contributed by atoms with van der Waals surface area (Å²) in [5, 5.41) is 8.85. The van der Waals surface area contributed by atoms with E-state index in [2.05, 4.69) is 19.1 Å². The van der Waals surface area contributed by atoms with E-state index in [-0.39, 0.29) is 0 Å². The molecule has 1 nitrogen and oxygen atoms in total. The van der Waals surface area contributed by atoms with Crippen molar-refractivity contribution in [2.24, 2.45) is 0 Å². The smallest absolute Gasteiger partial charge is 0.0991 e. The van der Waals surface area contributed by atoms with Crippen molar-refractivity contribution < 1.29 is 0 Å². The van der Waals surface area contributed by atoms with E-state index in [9.17, 15) is 0 Å². The summed E-state index contributed by atoms with van der Waals surface area (Å²) in [6.07, 6.45) is 6.27. The molecule has 16 heavy (non-hydrogen) atoms. The minimum Gasteiger partial charge on any atom is -0.192 e. The largest absolute Gasteiger partial charge is 0.192 e. The molecule has 0 spiro atoms. The Morgan fingerprint density at radius 3 is 2.75 bits per heavy atom. The van der Waals surface area contributed by atoms with Crippen LogP contribution in [-0.2, 0) is 6.42 Å². The Morgan fingerprint density at radius 2 is 2.06 bits per heavy atom. The van der Waals surface area contributed by atoms with Gasteiger partial charge < -0.3 is 0 Å². The molecule has 1 heteroatoms. The molecule has 1 aliphatic rings. The average molecular weight is 211 g/mol. The molecule has 0 N–H and O–H groups in total. The molecule has 1 fully saturated rings. The van der Waals surface area contributed by atoms with Crippen LogP contribution in [0.4, 0.5) is 0 Å². The van der Waals surface area contributed by atoms with Crippen LogP contribution in [-0.4, -0.2) is 0 Å². The van der Waals surface area contributed by atoms with E-state index in [4.69, 9.17) is 5.26 Å². The van der Waals surface area contributed by atoms with E-state index < -0.39 is 0 Å². The lowest BCUT2D eigenvalue weighted by molar-refractivity contribution is 0.886. The lowest BCUT2D eigenvalue weighted by atomic mass is 9.99. The lowest BCUT2D eigenvalue weighted by Crippen LogP contribution is -1.91. The highest BCUT2D eigenvalue weighted by molar-refractivity contribution is 5.35. The second-order valence-corrected chi connectivity index (χ2v) is 4.58. The lowest BCUT2D eigenvalue weighted by Gasteiger charge is -2.06. The van der Waals surface area contributed by atoms with Gasteiger partial charge >= 0.3 is 0 Å². The third kappa shape index (κ3) is 2.52. The molecule has 2 rings (SSSR count). The van der Waals surface area contributed by atoms with Gasteiger partial charge in [0.1, 0.15) is 0 Å². The Morgan fingerprint density at radius 1 is 1.31 bits per heavy atom. The molecule has 0 amide bonds. The number of rotatable bonds is 2. The SMILES string of the molecule is CC(Cc1cccc(C#N)c1)=C1CCCC1. The van der Waals surface area contributed by atoms with Crippen LogP contribution in [0.5, 0.6) is 0 Å². The van der Waals surface area contributed by atoms with Gasteiger partial charge in [-0.3, -0.25) is 0 Å². The molecular formula is C15H17N. The minimum absolute atomic E-state index is 0.765. The first-order valence-electron chi connectivity index (χ1n) is 5.96. The van der Waals surface area contributed by atoms with Crippen LogP contribution in [0.1, 0.15) is 43.7 Å². The fraction of sp³-hybridized carbons (Fsp3) is 0.400. The van der Waals surface area contributed by atoms with Gasteiger partial charge in [0.2, 0.25) is 0 Å². The summed E-state index contributed by atoms with van der Waals surface area (Å²) in [5.41, 5.74) is 5.17. The fourth-order valence-electron chi connectivity index (χ4n) is 2.41. The number of hydrogen-bond donors (Lipinski definition) is 0. The fourth-order valence-corrected chi connectivity index (χ4v) is 2.41. The molecule has 82 valence electrons. The van der Waals surface area contributed by atoms with Crippen molar-refractivity contribution >= 4 is 0 Å². The van der Waals surface area contributed by atoms with Crippen LogP contribution in [0.25, 0.3) is 0 Å². The molecule has 1 aromatic rings. The first-order chi connectivity index (χ1) is 7.79. The van der Waals surface area contributed by atoms with Crippen LogP contribution in [0.3, 0.4) is 0 Å². The van der Waals surface area contributed by atoms with Crippen molar-refractivity contribution in [3.8, 4) is 6.07 Å². The van der Waals surface area contributed by atoms with Crippen LogP contribution >= 0.6 is 0 Å². The topological polar surface area (TPSA) is 23.8 Å². The van der Waals surface area contributed by atoms with Gasteiger partial charge in [-0.25, -0.2) is 0 Å². The number of benzene rings is 1. The zero-order valence-electron chi connectivity index (χ0n) is 9.79. The summed E-state index contributed by atoms with van der Waals surface area (Å²) in [4.78, 5) is 0. The summed E-state index contributed by atoms with van der Waals surface area (Å²) in [5.74, 6) is 0. The van der Waals surface area contributed by atoms with E-state index in [1.54, 1.807) is 5.57 Å². The molecule has 0 bridgehead atoms. The van der Waals surface area contributed by atoms with E-state index in [1.807, 2.05) is 18.2 Å². The standard InChI is InChI=1S/C15H17N/c1-12(15-7-2-3-8-15)9-13-5-4-6-14(10-13)11-16/h4-6,10H,2-3,7-9H2,1H3. The zero-order chi connectivity index (χ0) is 11.4. The number of nitrogens with zero attached hydrogens (tertiary/aromatic N) is 1. The summed E-state index contributed by atoms with van der Waals surface area (Å²) in [6, 6.07) is 10.1. The van der Waals surface area contributed by atoms with Crippen LogP contribution < -0.4 is 0 Å². The maximum atomic E-state index is 8.85. The summed E-state index contributed by atoms with van der Waals surface area (Å²) in [6.45, 7) is 2.24. The predicted molar refractivity (Wildman–Crippen MR) is 66.0 cm³/mol. The molecule has 0 saturated heterocycles. The monoisotopic (exact) mass is 211 g/mol. The molecule has 0 aromatic heterocycles. The maximum absolute atomic E-state index is 8.85. The number of hydrogen-bond acceptors (Lipinski definition) is 1. The van der Waals surface area contributed by atoms with Gasteiger partial charge in [0.15, 0.2) is 0 Å². The van der Waals surface area contributed by atoms with E-state index in [0.717, 1.165) is 12.0 Å². The van der Waals surface area contributed by atoms with E-state index in [1.165, 1.54) is 36.8 Å². The second kappa shape index (κ2) is 4.99. The normalized spacial score (nSPS) is 14.9. The number of nitriles is 1. The Kier molecular flexibility index (Phi) is 3.41. The molecular weight excluding hydrogens is 194 g/mol. The van der Waals surface area contributed by atoms with E-state index in [0.29, 0.717) is 0 Å². The first-order valence-corrected chi connectivity index (χ1v) is 5.96. The van der Waals surface area contributed by atoms with Gasteiger partial charge in [-0.05, 0) is 56.7 Å². The molecule has 0 aliphatic heterocycles. The van der Waals surface area contributed by atoms with Crippen LogP contribution in [0, 0.1) is 11.3 Å². The van der Waals surface area contributed by atoms with Gasteiger partial charge in [0, 0.05) is 0 Å². The van der Waals surface area contributed by atoms with E-state index >= 15 is 0 Å². The second-order valence-electron chi connectivity index (χ2n) is 4.58. The summed E-state index contributed by atoms with van der Waals surface area (Å²) < 4.78 is 0. The summed E-state index contributed by atoms with van der Waals surface area (Å²) >= 11 is 0. The Balaban J connectivity index is 2.14. The van der Waals surface area contributed by atoms with Crippen molar-refractivity contribution in [1.82, 2.24) is 0 Å². The molecule has 0 heterocycles. The van der Waals surface area contributed by atoms with Crippen molar-refractivity contribution in [2.75, 3.05) is 0 Å². The van der Waals surface area contributed by atoms with Gasteiger partial charge in [0.05, 0.1) is 11.6 Å². The average Bonchev–Trinajstić information content (AvgIpc) is 2.83. The van der Waals surface area contributed by atoms with Gasteiger partial charge in [0.25, 0.3) is 0 Å². The molecule has 0 atom stereocenters. The molecule has 1 aromatic carbocycles. The third-order valence-corrected chi connectivity index (χ3v) is 3.34. The molecule has 1 aliphatic carbocycles. The highest BCUT2D eigenvalue weighted by Crippen LogP contribution is 2.28.